The number of rotatable bonds is 4. The van der Waals surface area contributed by atoms with Crippen LogP contribution in [0.1, 0.15) is 51.4 Å². The first-order valence-electron chi connectivity index (χ1n) is 9.56. The van der Waals surface area contributed by atoms with Crippen LogP contribution < -0.4 is 16.4 Å². The van der Waals surface area contributed by atoms with Crippen molar-refractivity contribution in [1.29, 1.82) is 0 Å². The molecule has 1 heterocycles. The van der Waals surface area contributed by atoms with Crippen molar-refractivity contribution in [3.63, 3.8) is 0 Å². The van der Waals surface area contributed by atoms with Gasteiger partial charge in [-0.25, -0.2) is 0 Å². The van der Waals surface area contributed by atoms with Gasteiger partial charge in [0.2, 0.25) is 5.91 Å². The molecule has 1 aliphatic carbocycles. The van der Waals surface area contributed by atoms with Crippen molar-refractivity contribution in [3.8, 4) is 0 Å². The summed E-state index contributed by atoms with van der Waals surface area (Å²) in [6.45, 7) is 0.216. The van der Waals surface area contributed by atoms with E-state index in [9.17, 15) is 14.4 Å². The molecule has 1 aliphatic rings. The van der Waals surface area contributed by atoms with Crippen LogP contribution in [-0.2, 0) is 18.4 Å². The Hall–Kier alpha value is -2.37. The summed E-state index contributed by atoms with van der Waals surface area (Å²) in [7, 11) is 1.59. The number of hydrogen-bond acceptors (Lipinski definition) is 3. The highest BCUT2D eigenvalue weighted by Gasteiger charge is 2.15. The van der Waals surface area contributed by atoms with E-state index in [0.717, 1.165) is 25.7 Å². The summed E-state index contributed by atoms with van der Waals surface area (Å²) >= 11 is 0. The number of aromatic nitrogens is 2. The fourth-order valence-corrected chi connectivity index (χ4v) is 3.79. The van der Waals surface area contributed by atoms with Gasteiger partial charge >= 0.3 is 11.1 Å². The van der Waals surface area contributed by atoms with E-state index in [4.69, 9.17) is 0 Å². The molecular formula is C20H27N3O3. The maximum Gasteiger partial charge on any atom is 0.316 e. The lowest BCUT2D eigenvalue weighted by Crippen LogP contribution is -2.41. The molecule has 0 spiro atoms. The topological polar surface area (TPSA) is 73.1 Å². The van der Waals surface area contributed by atoms with Crippen LogP contribution in [0.2, 0.25) is 0 Å². The van der Waals surface area contributed by atoms with Crippen LogP contribution in [0.25, 0.3) is 11.0 Å². The number of aryl methyl sites for hydroxylation is 2. The van der Waals surface area contributed by atoms with Crippen molar-refractivity contribution in [3.05, 3.63) is 45.0 Å². The van der Waals surface area contributed by atoms with Gasteiger partial charge in [-0.2, -0.15) is 0 Å². The SMILES string of the molecule is Cn1c(=O)c(=O)n(CCC(=O)NC2CCCCCCC2)c2ccccc21. The second-order valence-corrected chi connectivity index (χ2v) is 7.17. The van der Waals surface area contributed by atoms with Crippen LogP contribution in [-0.4, -0.2) is 21.1 Å². The van der Waals surface area contributed by atoms with E-state index in [1.54, 1.807) is 13.1 Å². The molecule has 6 heteroatoms. The predicted octanol–water partition coefficient (Wildman–Crippen LogP) is 2.32. The largest absolute Gasteiger partial charge is 0.353 e. The predicted molar refractivity (Wildman–Crippen MR) is 102 cm³/mol. The lowest BCUT2D eigenvalue weighted by atomic mass is 9.96. The normalized spacial score (nSPS) is 16.2. The molecular weight excluding hydrogens is 330 g/mol. The summed E-state index contributed by atoms with van der Waals surface area (Å²) in [5.41, 5.74) is 0.227. The number of carbonyl (C=O) groups is 1. The van der Waals surface area contributed by atoms with Gasteiger partial charge < -0.3 is 14.5 Å². The Kier molecular flexibility index (Phi) is 5.91. The van der Waals surface area contributed by atoms with E-state index in [0.29, 0.717) is 11.0 Å². The van der Waals surface area contributed by atoms with Crippen LogP contribution in [0.5, 0.6) is 0 Å². The summed E-state index contributed by atoms with van der Waals surface area (Å²) in [5, 5.41) is 3.11. The van der Waals surface area contributed by atoms with Crippen LogP contribution in [0, 0.1) is 0 Å². The van der Waals surface area contributed by atoms with E-state index < -0.39 is 11.1 Å². The highest BCUT2D eigenvalue weighted by Crippen LogP contribution is 2.17. The molecule has 0 atom stereocenters. The van der Waals surface area contributed by atoms with Crippen LogP contribution in [0.15, 0.2) is 33.9 Å². The molecule has 1 N–H and O–H groups in total. The fraction of sp³-hybridized carbons (Fsp3) is 0.550. The van der Waals surface area contributed by atoms with E-state index in [-0.39, 0.29) is 24.9 Å². The molecule has 26 heavy (non-hydrogen) atoms. The van der Waals surface area contributed by atoms with Gasteiger partial charge in [0.25, 0.3) is 0 Å². The Balaban J connectivity index is 1.72. The second kappa shape index (κ2) is 8.34. The van der Waals surface area contributed by atoms with E-state index in [2.05, 4.69) is 5.32 Å². The lowest BCUT2D eigenvalue weighted by molar-refractivity contribution is -0.122. The van der Waals surface area contributed by atoms with Gasteiger partial charge in [-0.3, -0.25) is 14.4 Å². The van der Waals surface area contributed by atoms with Gasteiger partial charge in [-0.1, -0.05) is 44.2 Å². The Labute approximate surface area is 152 Å². The van der Waals surface area contributed by atoms with Gasteiger partial charge in [0, 0.05) is 26.1 Å². The first kappa shape index (κ1) is 18.4. The zero-order valence-electron chi connectivity index (χ0n) is 15.4. The number of hydrogen-bond donors (Lipinski definition) is 1. The average Bonchev–Trinajstić information content (AvgIpc) is 2.62. The fourth-order valence-electron chi connectivity index (χ4n) is 3.79. The van der Waals surface area contributed by atoms with E-state index in [1.807, 2.05) is 18.2 Å². The highest BCUT2D eigenvalue weighted by molar-refractivity contribution is 5.77. The molecule has 0 radical (unpaired) electrons. The minimum Gasteiger partial charge on any atom is -0.353 e. The minimum atomic E-state index is -0.579. The van der Waals surface area contributed by atoms with E-state index >= 15 is 0 Å². The summed E-state index contributed by atoms with van der Waals surface area (Å²) < 4.78 is 2.79. The minimum absolute atomic E-state index is 0.0489. The van der Waals surface area contributed by atoms with Crippen molar-refractivity contribution in [1.82, 2.24) is 14.5 Å². The third-order valence-corrected chi connectivity index (χ3v) is 5.30. The zero-order valence-corrected chi connectivity index (χ0v) is 15.4. The molecule has 1 aromatic carbocycles. The van der Waals surface area contributed by atoms with Crippen LogP contribution in [0.4, 0.5) is 0 Å². The molecule has 6 nitrogen and oxygen atoms in total. The third-order valence-electron chi connectivity index (χ3n) is 5.30. The first-order valence-corrected chi connectivity index (χ1v) is 9.56. The summed E-state index contributed by atoms with van der Waals surface area (Å²) in [6, 6.07) is 7.51. The van der Waals surface area contributed by atoms with Crippen molar-refractivity contribution in [2.45, 2.75) is 64.0 Å². The number of fused-ring (bicyclic) bond motifs is 1. The molecule has 1 saturated carbocycles. The lowest BCUT2D eigenvalue weighted by Gasteiger charge is -2.21. The molecule has 0 saturated heterocycles. The number of nitrogens with zero attached hydrogens (tertiary/aromatic N) is 2. The van der Waals surface area contributed by atoms with Crippen molar-refractivity contribution >= 4 is 16.9 Å². The monoisotopic (exact) mass is 357 g/mol. The maximum atomic E-state index is 12.4. The number of para-hydroxylation sites is 2. The van der Waals surface area contributed by atoms with Crippen molar-refractivity contribution in [2.75, 3.05) is 0 Å². The second-order valence-electron chi connectivity index (χ2n) is 7.17. The highest BCUT2D eigenvalue weighted by atomic mass is 16.2. The number of nitrogens with one attached hydrogen (secondary N) is 1. The quantitative estimate of drug-likeness (QED) is 0.854. The molecule has 3 rings (SSSR count). The molecule has 0 aliphatic heterocycles. The third kappa shape index (κ3) is 4.06. The smallest absolute Gasteiger partial charge is 0.316 e. The Morgan fingerprint density at radius 1 is 1.00 bits per heavy atom. The number of amides is 1. The van der Waals surface area contributed by atoms with Gasteiger partial charge in [0.1, 0.15) is 0 Å². The van der Waals surface area contributed by atoms with Crippen LogP contribution >= 0.6 is 0 Å². The molecule has 140 valence electrons. The zero-order chi connectivity index (χ0) is 18.5. The Bertz CT molecular complexity index is 889. The van der Waals surface area contributed by atoms with Crippen molar-refractivity contribution in [2.24, 2.45) is 7.05 Å². The molecule has 2 aromatic rings. The Morgan fingerprint density at radius 3 is 2.31 bits per heavy atom. The summed E-state index contributed by atoms with van der Waals surface area (Å²) in [4.78, 5) is 36.9. The molecule has 0 bridgehead atoms. The Morgan fingerprint density at radius 2 is 1.62 bits per heavy atom. The molecule has 1 aromatic heterocycles. The number of benzene rings is 1. The standard InChI is InChI=1S/C20H27N3O3/c1-22-16-11-7-8-12-17(16)23(20(26)19(22)25)14-13-18(24)21-15-9-5-3-2-4-6-10-15/h7-8,11-12,15H,2-6,9-10,13-14H2,1H3,(H,21,24). The van der Waals surface area contributed by atoms with Gasteiger partial charge in [-0.15, -0.1) is 0 Å². The molecule has 1 fully saturated rings. The first-order chi connectivity index (χ1) is 12.6. The van der Waals surface area contributed by atoms with Gasteiger partial charge in [0.15, 0.2) is 0 Å². The van der Waals surface area contributed by atoms with E-state index in [1.165, 1.54) is 28.4 Å². The van der Waals surface area contributed by atoms with Gasteiger partial charge in [0.05, 0.1) is 11.0 Å². The van der Waals surface area contributed by atoms with Gasteiger partial charge in [-0.05, 0) is 25.0 Å². The molecule has 0 unspecified atom stereocenters. The summed E-state index contributed by atoms with van der Waals surface area (Å²) in [6.07, 6.45) is 8.34. The van der Waals surface area contributed by atoms with Crippen LogP contribution in [0.3, 0.4) is 0 Å². The van der Waals surface area contributed by atoms with Crippen molar-refractivity contribution < 1.29 is 4.79 Å². The molecule has 1 amide bonds. The maximum absolute atomic E-state index is 12.4. The summed E-state index contributed by atoms with van der Waals surface area (Å²) in [5.74, 6) is -0.0489. The number of carbonyl (C=O) groups excluding carboxylic acids is 1. The average molecular weight is 357 g/mol.